The van der Waals surface area contributed by atoms with Gasteiger partial charge in [-0.05, 0) is 39.2 Å². The molecule has 1 aliphatic heterocycles. The van der Waals surface area contributed by atoms with Gasteiger partial charge < -0.3 is 19.5 Å². The average molecular weight is 490 g/mol. The molecule has 0 saturated carbocycles. The molecule has 0 unspecified atom stereocenters. The van der Waals surface area contributed by atoms with Crippen LogP contribution >= 0.6 is 0 Å². The summed E-state index contributed by atoms with van der Waals surface area (Å²) in [6, 6.07) is 1.85. The van der Waals surface area contributed by atoms with Gasteiger partial charge in [-0.3, -0.25) is 9.56 Å². The smallest absolute Gasteiger partial charge is 0.349 e. The number of ether oxygens (including phenoxy) is 1. The molecule has 4 aromatic rings. The van der Waals surface area contributed by atoms with Gasteiger partial charge in [0, 0.05) is 49.7 Å². The molecule has 0 spiro atoms. The van der Waals surface area contributed by atoms with Crippen molar-refractivity contribution in [2.75, 3.05) is 7.05 Å². The van der Waals surface area contributed by atoms with Crippen LogP contribution in [0.2, 0.25) is 0 Å². The standard InChI is InChI=1S/C26H31N7O3/c1-6-18-8-17(7-14(2)35-18)33-23-19-9-20(21-12-32(5)13-29-21)30-15(3)24(19)36-25(23)22(31-26(33)34)16(10-27)11-28-4/h9-14,17-18H,6-8,27H2,1-5H3/b16-10+,28-11?/t14-,17+,18+/m1/s1. The third-order valence-electron chi connectivity index (χ3n) is 6.76. The molecule has 10 nitrogen and oxygen atoms in total. The Bertz CT molecular complexity index is 1560. The van der Waals surface area contributed by atoms with E-state index in [9.17, 15) is 4.79 Å². The Balaban J connectivity index is 1.86. The second-order valence-electron chi connectivity index (χ2n) is 9.40. The molecule has 4 aromatic heterocycles. The molecule has 2 N–H and O–H groups in total. The van der Waals surface area contributed by atoms with Gasteiger partial charge in [-0.1, -0.05) is 6.92 Å². The maximum atomic E-state index is 13.7. The number of nitrogens with zero attached hydrogens (tertiary/aromatic N) is 6. The number of hydrogen-bond acceptors (Lipinski definition) is 8. The molecule has 5 heterocycles. The minimum absolute atomic E-state index is 0.0210. The fourth-order valence-electron chi connectivity index (χ4n) is 5.16. The zero-order valence-corrected chi connectivity index (χ0v) is 21.2. The van der Waals surface area contributed by atoms with E-state index < -0.39 is 0 Å². The van der Waals surface area contributed by atoms with Crippen LogP contribution in [0.4, 0.5) is 0 Å². The highest BCUT2D eigenvalue weighted by atomic mass is 16.5. The van der Waals surface area contributed by atoms with Crippen molar-refractivity contribution in [1.82, 2.24) is 24.1 Å². The monoisotopic (exact) mass is 489 g/mol. The Morgan fingerprint density at radius 1 is 1.28 bits per heavy atom. The Morgan fingerprint density at radius 2 is 2.08 bits per heavy atom. The number of fused-ring (bicyclic) bond motifs is 3. The van der Waals surface area contributed by atoms with Crippen molar-refractivity contribution in [2.24, 2.45) is 17.8 Å². The number of rotatable bonds is 5. The van der Waals surface area contributed by atoms with Gasteiger partial charge in [0.05, 0.1) is 29.9 Å². The average Bonchev–Trinajstić information content (AvgIpc) is 3.46. The van der Waals surface area contributed by atoms with E-state index in [0.29, 0.717) is 45.8 Å². The fourth-order valence-corrected chi connectivity index (χ4v) is 5.16. The highest BCUT2D eigenvalue weighted by Crippen LogP contribution is 2.38. The van der Waals surface area contributed by atoms with Crippen molar-refractivity contribution in [2.45, 2.75) is 58.3 Å². The quantitative estimate of drug-likeness (QED) is 0.423. The summed E-state index contributed by atoms with van der Waals surface area (Å²) in [5.41, 5.74) is 10.3. The molecular weight excluding hydrogens is 458 g/mol. The van der Waals surface area contributed by atoms with Crippen LogP contribution in [0, 0.1) is 6.92 Å². The Hall–Kier alpha value is -3.79. The summed E-state index contributed by atoms with van der Waals surface area (Å²) < 4.78 is 16.2. The van der Waals surface area contributed by atoms with Crippen LogP contribution < -0.4 is 11.4 Å². The first-order valence-electron chi connectivity index (χ1n) is 12.2. The first-order chi connectivity index (χ1) is 17.3. The fraction of sp³-hybridized carbons (Fsp3) is 0.423. The van der Waals surface area contributed by atoms with Crippen LogP contribution in [0.3, 0.4) is 0 Å². The molecule has 0 radical (unpaired) electrons. The predicted molar refractivity (Wildman–Crippen MR) is 140 cm³/mol. The van der Waals surface area contributed by atoms with Gasteiger partial charge >= 0.3 is 5.69 Å². The first-order valence-corrected chi connectivity index (χ1v) is 12.2. The van der Waals surface area contributed by atoms with E-state index in [2.05, 4.69) is 21.9 Å². The molecule has 10 heteroatoms. The molecule has 0 amide bonds. The lowest BCUT2D eigenvalue weighted by Crippen LogP contribution is -2.37. The number of allylic oxidation sites excluding steroid dienone is 1. The van der Waals surface area contributed by atoms with Crippen LogP contribution in [0.15, 0.2) is 39.0 Å². The number of furan rings is 1. The second-order valence-corrected chi connectivity index (χ2v) is 9.40. The molecule has 188 valence electrons. The molecule has 1 fully saturated rings. The van der Waals surface area contributed by atoms with E-state index in [1.807, 2.05) is 37.7 Å². The van der Waals surface area contributed by atoms with Crippen molar-refractivity contribution in [3.8, 4) is 11.4 Å². The van der Waals surface area contributed by atoms with E-state index in [4.69, 9.17) is 19.9 Å². The minimum Gasteiger partial charge on any atom is -0.450 e. The summed E-state index contributed by atoms with van der Waals surface area (Å²) in [6.07, 6.45) is 8.99. The molecular formula is C26H31N7O3. The topological polar surface area (TPSA) is 126 Å². The van der Waals surface area contributed by atoms with Crippen molar-refractivity contribution >= 4 is 33.9 Å². The van der Waals surface area contributed by atoms with Gasteiger partial charge in [-0.25, -0.2) is 14.8 Å². The number of aromatic nitrogens is 5. The third kappa shape index (κ3) is 4.01. The summed E-state index contributed by atoms with van der Waals surface area (Å²) in [7, 11) is 3.55. The van der Waals surface area contributed by atoms with Crippen LogP contribution in [-0.2, 0) is 11.8 Å². The zero-order chi connectivity index (χ0) is 25.6. The maximum absolute atomic E-state index is 13.7. The van der Waals surface area contributed by atoms with Gasteiger partial charge in [0.15, 0.2) is 11.2 Å². The molecule has 0 aromatic carbocycles. The summed E-state index contributed by atoms with van der Waals surface area (Å²) in [5, 5.41) is 0.788. The number of pyridine rings is 1. The summed E-state index contributed by atoms with van der Waals surface area (Å²) >= 11 is 0. The number of imidazole rings is 1. The zero-order valence-electron chi connectivity index (χ0n) is 21.2. The molecule has 0 bridgehead atoms. The van der Waals surface area contributed by atoms with E-state index >= 15 is 0 Å². The summed E-state index contributed by atoms with van der Waals surface area (Å²) in [5.74, 6) is 0. The maximum Gasteiger partial charge on any atom is 0.349 e. The lowest BCUT2D eigenvalue weighted by Gasteiger charge is -2.34. The first kappa shape index (κ1) is 23.9. The number of aliphatic imine (C=N–C) groups is 1. The Kier molecular flexibility index (Phi) is 6.21. The van der Waals surface area contributed by atoms with E-state index in [-0.39, 0.29) is 23.9 Å². The lowest BCUT2D eigenvalue weighted by molar-refractivity contribution is -0.0594. The van der Waals surface area contributed by atoms with Crippen molar-refractivity contribution < 1.29 is 9.15 Å². The highest BCUT2D eigenvalue weighted by molar-refractivity contribution is 6.15. The van der Waals surface area contributed by atoms with Gasteiger partial charge in [0.2, 0.25) is 0 Å². The molecule has 5 rings (SSSR count). The third-order valence-corrected chi connectivity index (χ3v) is 6.76. The van der Waals surface area contributed by atoms with E-state index in [1.165, 1.54) is 6.20 Å². The largest absolute Gasteiger partial charge is 0.450 e. The molecule has 0 aliphatic carbocycles. The van der Waals surface area contributed by atoms with Gasteiger partial charge in [0.25, 0.3) is 0 Å². The van der Waals surface area contributed by atoms with E-state index in [0.717, 1.165) is 23.9 Å². The van der Waals surface area contributed by atoms with Gasteiger partial charge in [0.1, 0.15) is 16.9 Å². The number of nitrogens with two attached hydrogens (primary N) is 1. The summed E-state index contributed by atoms with van der Waals surface area (Å²) in [6.45, 7) is 6.04. The number of hydrogen-bond donors (Lipinski definition) is 1. The highest BCUT2D eigenvalue weighted by Gasteiger charge is 2.32. The SMILES string of the molecule is CC[C@H]1C[C@@H](n2c(=O)nc(/C(C=NC)=C/N)c3oc4c(C)nc(-c5cn(C)cn5)cc4c32)C[C@@H](C)O1. The molecule has 1 aliphatic rings. The number of aryl methyl sites for hydroxylation is 2. The molecule has 36 heavy (non-hydrogen) atoms. The van der Waals surface area contributed by atoms with Crippen molar-refractivity contribution in [3.05, 3.63) is 46.7 Å². The Morgan fingerprint density at radius 3 is 2.75 bits per heavy atom. The van der Waals surface area contributed by atoms with Crippen LogP contribution in [0.5, 0.6) is 0 Å². The van der Waals surface area contributed by atoms with Gasteiger partial charge in [-0.15, -0.1) is 0 Å². The second kappa shape index (κ2) is 9.34. The van der Waals surface area contributed by atoms with Crippen LogP contribution in [0.1, 0.15) is 50.5 Å². The van der Waals surface area contributed by atoms with E-state index in [1.54, 1.807) is 24.2 Å². The lowest BCUT2D eigenvalue weighted by atomic mass is 9.97. The summed E-state index contributed by atoms with van der Waals surface area (Å²) in [4.78, 5) is 31.4. The molecule has 3 atom stereocenters. The van der Waals surface area contributed by atoms with Gasteiger partial charge in [-0.2, -0.15) is 4.98 Å². The van der Waals surface area contributed by atoms with Crippen LogP contribution in [0.25, 0.3) is 39.0 Å². The normalized spacial score (nSPS) is 21.2. The van der Waals surface area contributed by atoms with Crippen LogP contribution in [-0.4, -0.2) is 49.6 Å². The molecule has 1 saturated heterocycles. The Labute approximate surface area is 208 Å². The van der Waals surface area contributed by atoms with Crippen molar-refractivity contribution in [1.29, 1.82) is 0 Å². The minimum atomic E-state index is -0.355. The predicted octanol–water partition coefficient (Wildman–Crippen LogP) is 3.77. The van der Waals surface area contributed by atoms with Crippen molar-refractivity contribution in [3.63, 3.8) is 0 Å².